The first-order chi connectivity index (χ1) is 8.19. The molecule has 0 aliphatic heterocycles. The molecule has 1 rings (SSSR count). The minimum absolute atomic E-state index is 0.130. The summed E-state index contributed by atoms with van der Waals surface area (Å²) in [7, 11) is 1.58. The van der Waals surface area contributed by atoms with Gasteiger partial charge in [-0.25, -0.2) is 0 Å². The average Bonchev–Trinajstić information content (AvgIpc) is 2.34. The van der Waals surface area contributed by atoms with Crippen LogP contribution in [0.1, 0.15) is 10.4 Å². The Morgan fingerprint density at radius 2 is 2.29 bits per heavy atom. The molecule has 5 heteroatoms. The summed E-state index contributed by atoms with van der Waals surface area (Å²) in [4.78, 5) is 11.7. The van der Waals surface area contributed by atoms with E-state index in [0.29, 0.717) is 24.4 Å². The van der Waals surface area contributed by atoms with Crippen molar-refractivity contribution in [1.29, 1.82) is 0 Å². The van der Waals surface area contributed by atoms with Crippen LogP contribution in [0.2, 0.25) is 0 Å². The summed E-state index contributed by atoms with van der Waals surface area (Å²) < 4.78 is 5.84. The minimum Gasteiger partial charge on any atom is -0.496 e. The highest BCUT2D eigenvalue weighted by atomic mass is 79.9. The molecular formula is C12H15BrN2O2. The normalized spacial score (nSPS) is 10.5. The van der Waals surface area contributed by atoms with Gasteiger partial charge in [-0.15, -0.1) is 0 Å². The van der Waals surface area contributed by atoms with Crippen molar-refractivity contribution in [2.45, 2.75) is 0 Å². The lowest BCUT2D eigenvalue weighted by molar-refractivity contribution is 0.0958. The Morgan fingerprint density at radius 3 is 2.88 bits per heavy atom. The fourth-order valence-electron chi connectivity index (χ4n) is 1.24. The Labute approximate surface area is 109 Å². The van der Waals surface area contributed by atoms with Crippen molar-refractivity contribution in [3.05, 3.63) is 40.4 Å². The van der Waals surface area contributed by atoms with E-state index in [2.05, 4.69) is 21.2 Å². The standard InChI is InChI=1S/C12H15BrN2O2/c1-17-11-5-4-9(8-10(11)13)12(16)15-7-3-2-6-14/h2-5,8H,6-7,14H2,1H3,(H,15,16)/b3-2+. The van der Waals surface area contributed by atoms with E-state index in [0.717, 1.165) is 4.47 Å². The van der Waals surface area contributed by atoms with Gasteiger partial charge >= 0.3 is 0 Å². The number of nitrogens with two attached hydrogens (primary N) is 1. The number of ether oxygens (including phenoxy) is 1. The maximum Gasteiger partial charge on any atom is 0.251 e. The molecule has 17 heavy (non-hydrogen) atoms. The maximum atomic E-state index is 11.7. The summed E-state index contributed by atoms with van der Waals surface area (Å²) in [6.07, 6.45) is 3.61. The van der Waals surface area contributed by atoms with E-state index in [1.165, 1.54) is 0 Å². The molecular weight excluding hydrogens is 284 g/mol. The molecule has 0 atom stereocenters. The lowest BCUT2D eigenvalue weighted by atomic mass is 10.2. The second-order valence-corrected chi connectivity index (χ2v) is 4.12. The number of carbonyl (C=O) groups is 1. The number of amides is 1. The summed E-state index contributed by atoms with van der Waals surface area (Å²) >= 11 is 3.33. The van der Waals surface area contributed by atoms with E-state index < -0.39 is 0 Å². The van der Waals surface area contributed by atoms with Crippen LogP contribution in [0.5, 0.6) is 5.75 Å². The fourth-order valence-corrected chi connectivity index (χ4v) is 1.78. The van der Waals surface area contributed by atoms with Gasteiger partial charge in [0.05, 0.1) is 11.6 Å². The summed E-state index contributed by atoms with van der Waals surface area (Å²) in [5, 5.41) is 2.76. The highest BCUT2D eigenvalue weighted by Gasteiger charge is 2.07. The monoisotopic (exact) mass is 298 g/mol. The van der Waals surface area contributed by atoms with Gasteiger partial charge in [0.25, 0.3) is 5.91 Å². The number of carbonyl (C=O) groups excluding carboxylic acids is 1. The third kappa shape index (κ3) is 4.20. The topological polar surface area (TPSA) is 64.3 Å². The van der Waals surface area contributed by atoms with Crippen LogP contribution in [0, 0.1) is 0 Å². The molecule has 1 aromatic carbocycles. The first-order valence-corrected chi connectivity index (χ1v) is 5.95. The highest BCUT2D eigenvalue weighted by molar-refractivity contribution is 9.10. The molecule has 0 aliphatic carbocycles. The molecule has 1 aromatic rings. The van der Waals surface area contributed by atoms with Crippen molar-refractivity contribution in [2.24, 2.45) is 5.73 Å². The second-order valence-electron chi connectivity index (χ2n) is 3.27. The van der Waals surface area contributed by atoms with Crippen LogP contribution >= 0.6 is 15.9 Å². The molecule has 0 saturated heterocycles. The van der Waals surface area contributed by atoms with Gasteiger partial charge in [-0.2, -0.15) is 0 Å². The Hall–Kier alpha value is -1.33. The first kappa shape index (κ1) is 13.7. The molecule has 0 aromatic heterocycles. The largest absolute Gasteiger partial charge is 0.496 e. The molecule has 0 heterocycles. The Morgan fingerprint density at radius 1 is 1.53 bits per heavy atom. The molecule has 92 valence electrons. The van der Waals surface area contributed by atoms with E-state index in [9.17, 15) is 4.79 Å². The molecule has 0 fully saturated rings. The van der Waals surface area contributed by atoms with E-state index in [-0.39, 0.29) is 5.91 Å². The smallest absolute Gasteiger partial charge is 0.251 e. The Bertz CT molecular complexity index is 419. The van der Waals surface area contributed by atoms with E-state index in [4.69, 9.17) is 10.5 Å². The van der Waals surface area contributed by atoms with Crippen molar-refractivity contribution >= 4 is 21.8 Å². The molecule has 0 bridgehead atoms. The Balaban J connectivity index is 2.63. The first-order valence-electron chi connectivity index (χ1n) is 5.16. The summed E-state index contributed by atoms with van der Waals surface area (Å²) in [5.74, 6) is 0.569. The van der Waals surface area contributed by atoms with Gasteiger partial charge in [0.15, 0.2) is 0 Å². The summed E-state index contributed by atoms with van der Waals surface area (Å²) in [6, 6.07) is 5.18. The van der Waals surface area contributed by atoms with Gasteiger partial charge in [0.1, 0.15) is 5.75 Å². The maximum absolute atomic E-state index is 11.7. The number of hydrogen-bond acceptors (Lipinski definition) is 3. The van der Waals surface area contributed by atoms with E-state index in [1.54, 1.807) is 31.4 Å². The molecule has 0 unspecified atom stereocenters. The third-order valence-electron chi connectivity index (χ3n) is 2.10. The average molecular weight is 299 g/mol. The minimum atomic E-state index is -0.130. The van der Waals surface area contributed by atoms with Crippen molar-refractivity contribution in [1.82, 2.24) is 5.32 Å². The lowest BCUT2D eigenvalue weighted by Gasteiger charge is -2.06. The molecule has 3 N–H and O–H groups in total. The molecule has 0 saturated carbocycles. The van der Waals surface area contributed by atoms with Crippen molar-refractivity contribution in [2.75, 3.05) is 20.2 Å². The van der Waals surface area contributed by atoms with Gasteiger partial charge in [0, 0.05) is 18.7 Å². The molecule has 0 spiro atoms. The van der Waals surface area contributed by atoms with Crippen molar-refractivity contribution in [3.63, 3.8) is 0 Å². The van der Waals surface area contributed by atoms with Gasteiger partial charge < -0.3 is 15.8 Å². The van der Waals surface area contributed by atoms with Crippen molar-refractivity contribution in [3.8, 4) is 5.75 Å². The Kier molecular flexibility index (Phi) is 5.72. The number of halogens is 1. The van der Waals surface area contributed by atoms with E-state index in [1.807, 2.05) is 6.08 Å². The predicted molar refractivity (Wildman–Crippen MR) is 71.2 cm³/mol. The SMILES string of the molecule is COc1ccc(C(=O)NC/C=C/CN)cc1Br. The zero-order valence-corrected chi connectivity index (χ0v) is 11.2. The van der Waals surface area contributed by atoms with Crippen LogP contribution in [0.25, 0.3) is 0 Å². The fraction of sp³-hybridized carbons (Fsp3) is 0.250. The molecule has 4 nitrogen and oxygen atoms in total. The molecule has 0 aliphatic rings. The number of nitrogens with one attached hydrogen (secondary N) is 1. The van der Waals surface area contributed by atoms with Gasteiger partial charge in [-0.3, -0.25) is 4.79 Å². The van der Waals surface area contributed by atoms with E-state index >= 15 is 0 Å². The van der Waals surface area contributed by atoms with Gasteiger partial charge in [-0.1, -0.05) is 12.2 Å². The number of methoxy groups -OCH3 is 1. The number of hydrogen-bond donors (Lipinski definition) is 2. The van der Waals surface area contributed by atoms with Crippen LogP contribution in [0.4, 0.5) is 0 Å². The number of rotatable bonds is 5. The van der Waals surface area contributed by atoms with Crippen LogP contribution in [0.15, 0.2) is 34.8 Å². The number of benzene rings is 1. The van der Waals surface area contributed by atoms with Gasteiger partial charge in [-0.05, 0) is 34.1 Å². The van der Waals surface area contributed by atoms with Crippen LogP contribution in [-0.4, -0.2) is 26.1 Å². The lowest BCUT2D eigenvalue weighted by Crippen LogP contribution is -2.23. The van der Waals surface area contributed by atoms with Gasteiger partial charge in [0.2, 0.25) is 0 Å². The third-order valence-corrected chi connectivity index (χ3v) is 2.72. The van der Waals surface area contributed by atoms with Crippen LogP contribution in [-0.2, 0) is 0 Å². The highest BCUT2D eigenvalue weighted by Crippen LogP contribution is 2.25. The predicted octanol–water partition coefficient (Wildman–Crippen LogP) is 1.70. The quantitative estimate of drug-likeness (QED) is 0.813. The molecule has 0 radical (unpaired) electrons. The second kappa shape index (κ2) is 7.09. The zero-order chi connectivity index (χ0) is 12.7. The summed E-state index contributed by atoms with van der Waals surface area (Å²) in [5.41, 5.74) is 5.87. The molecule has 1 amide bonds. The van der Waals surface area contributed by atoms with Crippen LogP contribution < -0.4 is 15.8 Å². The zero-order valence-electron chi connectivity index (χ0n) is 9.57. The summed E-state index contributed by atoms with van der Waals surface area (Å²) in [6.45, 7) is 0.948. The van der Waals surface area contributed by atoms with Crippen LogP contribution in [0.3, 0.4) is 0 Å². The van der Waals surface area contributed by atoms with Crippen molar-refractivity contribution < 1.29 is 9.53 Å².